The van der Waals surface area contributed by atoms with Crippen molar-refractivity contribution in [3.8, 4) is 5.75 Å². The van der Waals surface area contributed by atoms with E-state index in [1.54, 1.807) is 29.2 Å². The van der Waals surface area contributed by atoms with Gasteiger partial charge in [0.2, 0.25) is 5.91 Å². The molecule has 1 saturated heterocycles. The van der Waals surface area contributed by atoms with E-state index < -0.39 is 0 Å². The summed E-state index contributed by atoms with van der Waals surface area (Å²) in [6, 6.07) is 15.2. The van der Waals surface area contributed by atoms with Gasteiger partial charge in [-0.25, -0.2) is 4.39 Å². The highest BCUT2D eigenvalue weighted by atomic mass is 35.5. The molecule has 1 aliphatic heterocycles. The third kappa shape index (κ3) is 5.83. The predicted molar refractivity (Wildman–Crippen MR) is 115 cm³/mol. The van der Waals surface area contributed by atoms with Crippen LogP contribution in [-0.2, 0) is 22.4 Å². The molecule has 2 heterocycles. The van der Waals surface area contributed by atoms with Crippen LogP contribution in [0.2, 0.25) is 5.02 Å². The smallest absolute Gasteiger partial charge is 0.227 e. The second-order valence-electron chi connectivity index (χ2n) is 7.37. The van der Waals surface area contributed by atoms with E-state index in [-0.39, 0.29) is 24.2 Å². The Morgan fingerprint density at radius 2 is 2.00 bits per heavy atom. The van der Waals surface area contributed by atoms with Gasteiger partial charge in [-0.05, 0) is 48.0 Å². The van der Waals surface area contributed by atoms with Gasteiger partial charge in [-0.3, -0.25) is 9.89 Å². The van der Waals surface area contributed by atoms with Crippen molar-refractivity contribution < 1.29 is 18.7 Å². The molecular formula is C23H23ClFN3O3. The maximum Gasteiger partial charge on any atom is 0.227 e. The first-order chi connectivity index (χ1) is 15.1. The number of benzene rings is 2. The number of amides is 1. The number of hydrogen-bond donors (Lipinski definition) is 1. The highest BCUT2D eigenvalue weighted by molar-refractivity contribution is 6.30. The van der Waals surface area contributed by atoms with E-state index in [1.807, 2.05) is 18.2 Å². The summed E-state index contributed by atoms with van der Waals surface area (Å²) in [6.45, 7) is 1.91. The molecule has 0 unspecified atom stereocenters. The quantitative estimate of drug-likeness (QED) is 0.600. The van der Waals surface area contributed by atoms with Crippen LogP contribution < -0.4 is 4.74 Å². The standard InChI is InChI=1S/C23H23ClFN3O3/c24-17-3-7-20(8-4-17)30-11-9-19-14-21(27-26-19)22-15-28(10-12-31-22)23(29)13-16-1-5-18(25)6-2-16/h1-8,14,22H,9-13,15H2,(H,26,27)/t22-/m0/s1. The van der Waals surface area contributed by atoms with Crippen LogP contribution in [-0.4, -0.2) is 47.3 Å². The Hall–Kier alpha value is -2.90. The van der Waals surface area contributed by atoms with Crippen LogP contribution in [0.3, 0.4) is 0 Å². The van der Waals surface area contributed by atoms with E-state index >= 15 is 0 Å². The van der Waals surface area contributed by atoms with Gasteiger partial charge < -0.3 is 14.4 Å². The lowest BCUT2D eigenvalue weighted by Gasteiger charge is -2.32. The molecule has 0 bridgehead atoms. The van der Waals surface area contributed by atoms with Gasteiger partial charge in [-0.2, -0.15) is 5.10 Å². The topological polar surface area (TPSA) is 67.5 Å². The maximum absolute atomic E-state index is 13.1. The van der Waals surface area contributed by atoms with Gasteiger partial charge in [-0.15, -0.1) is 0 Å². The van der Waals surface area contributed by atoms with Gasteiger partial charge >= 0.3 is 0 Å². The average molecular weight is 444 g/mol. The first kappa shape index (κ1) is 21.3. The predicted octanol–water partition coefficient (Wildman–Crippen LogP) is 3.97. The van der Waals surface area contributed by atoms with Gasteiger partial charge in [0.25, 0.3) is 0 Å². The number of hydrogen-bond acceptors (Lipinski definition) is 4. The number of nitrogens with zero attached hydrogens (tertiary/aromatic N) is 2. The number of aromatic nitrogens is 2. The summed E-state index contributed by atoms with van der Waals surface area (Å²) in [7, 11) is 0. The van der Waals surface area contributed by atoms with E-state index in [9.17, 15) is 9.18 Å². The molecule has 1 amide bonds. The zero-order valence-corrected chi connectivity index (χ0v) is 17.6. The Labute approximate surface area is 184 Å². The molecule has 0 saturated carbocycles. The van der Waals surface area contributed by atoms with Gasteiger partial charge in [0.1, 0.15) is 17.7 Å². The van der Waals surface area contributed by atoms with Crippen LogP contribution >= 0.6 is 11.6 Å². The zero-order chi connectivity index (χ0) is 21.6. The molecule has 0 radical (unpaired) electrons. The normalized spacial score (nSPS) is 16.3. The van der Waals surface area contributed by atoms with E-state index in [2.05, 4.69) is 10.2 Å². The first-order valence-electron chi connectivity index (χ1n) is 10.1. The van der Waals surface area contributed by atoms with Gasteiger partial charge in [0.15, 0.2) is 0 Å². The third-order valence-electron chi connectivity index (χ3n) is 5.12. The first-order valence-corrected chi connectivity index (χ1v) is 10.5. The molecule has 1 aliphatic rings. The summed E-state index contributed by atoms with van der Waals surface area (Å²) < 4.78 is 24.6. The van der Waals surface area contributed by atoms with Crippen LogP contribution in [0.5, 0.6) is 5.75 Å². The fourth-order valence-corrected chi connectivity index (χ4v) is 3.55. The second kappa shape index (κ2) is 9.94. The van der Waals surface area contributed by atoms with Crippen molar-refractivity contribution in [2.75, 3.05) is 26.3 Å². The van der Waals surface area contributed by atoms with Crippen molar-refractivity contribution in [2.45, 2.75) is 18.9 Å². The van der Waals surface area contributed by atoms with E-state index in [4.69, 9.17) is 21.1 Å². The number of morpholine rings is 1. The van der Waals surface area contributed by atoms with Crippen molar-refractivity contribution in [1.82, 2.24) is 15.1 Å². The second-order valence-corrected chi connectivity index (χ2v) is 7.81. The van der Waals surface area contributed by atoms with Gasteiger partial charge in [0.05, 0.1) is 31.9 Å². The van der Waals surface area contributed by atoms with Crippen LogP contribution in [0.1, 0.15) is 23.1 Å². The molecule has 1 N–H and O–H groups in total. The number of aromatic amines is 1. The minimum Gasteiger partial charge on any atom is -0.493 e. The molecule has 4 rings (SSSR count). The SMILES string of the molecule is O=C(Cc1ccc(F)cc1)N1CCO[C@H](c2cc(CCOc3ccc(Cl)cc3)[nH]n2)C1. The van der Waals surface area contributed by atoms with E-state index in [1.165, 1.54) is 12.1 Å². The Morgan fingerprint density at radius 3 is 2.77 bits per heavy atom. The molecule has 8 heteroatoms. The minimum absolute atomic E-state index is 0.00738. The number of rotatable bonds is 7. The molecule has 1 aromatic heterocycles. The lowest BCUT2D eigenvalue weighted by Crippen LogP contribution is -2.43. The van der Waals surface area contributed by atoms with Crippen molar-refractivity contribution in [3.63, 3.8) is 0 Å². The molecule has 162 valence electrons. The lowest BCUT2D eigenvalue weighted by molar-refractivity contribution is -0.138. The van der Waals surface area contributed by atoms with Crippen LogP contribution in [0.25, 0.3) is 0 Å². The highest BCUT2D eigenvalue weighted by Gasteiger charge is 2.27. The fourth-order valence-electron chi connectivity index (χ4n) is 3.43. The number of carbonyl (C=O) groups is 1. The maximum atomic E-state index is 13.1. The lowest BCUT2D eigenvalue weighted by atomic mass is 10.1. The third-order valence-corrected chi connectivity index (χ3v) is 5.37. The molecular weight excluding hydrogens is 421 g/mol. The van der Waals surface area contributed by atoms with E-state index in [0.29, 0.717) is 37.7 Å². The fraction of sp³-hybridized carbons (Fsp3) is 0.304. The summed E-state index contributed by atoms with van der Waals surface area (Å²) in [5.74, 6) is 0.442. The minimum atomic E-state index is -0.310. The molecule has 0 spiro atoms. The Balaban J connectivity index is 1.29. The zero-order valence-electron chi connectivity index (χ0n) is 16.9. The summed E-state index contributed by atoms with van der Waals surface area (Å²) in [5, 5.41) is 8.05. The van der Waals surface area contributed by atoms with Crippen molar-refractivity contribution in [1.29, 1.82) is 0 Å². The van der Waals surface area contributed by atoms with Gasteiger partial charge in [-0.1, -0.05) is 23.7 Å². The Kier molecular flexibility index (Phi) is 6.84. The van der Waals surface area contributed by atoms with Crippen LogP contribution in [0.4, 0.5) is 4.39 Å². The summed E-state index contributed by atoms with van der Waals surface area (Å²) in [4.78, 5) is 14.4. The largest absolute Gasteiger partial charge is 0.493 e. The summed E-state index contributed by atoms with van der Waals surface area (Å²) in [5.41, 5.74) is 2.49. The Morgan fingerprint density at radius 1 is 1.23 bits per heavy atom. The number of halogens is 2. The van der Waals surface area contributed by atoms with Crippen LogP contribution in [0.15, 0.2) is 54.6 Å². The number of ether oxygens (including phenoxy) is 2. The number of carbonyl (C=O) groups excluding carboxylic acids is 1. The monoisotopic (exact) mass is 443 g/mol. The molecule has 1 fully saturated rings. The molecule has 2 aromatic carbocycles. The molecule has 31 heavy (non-hydrogen) atoms. The van der Waals surface area contributed by atoms with E-state index in [0.717, 1.165) is 22.7 Å². The summed E-state index contributed by atoms with van der Waals surface area (Å²) in [6.07, 6.45) is 0.615. The average Bonchev–Trinajstić information content (AvgIpc) is 3.26. The molecule has 3 aromatic rings. The van der Waals surface area contributed by atoms with Crippen molar-refractivity contribution >= 4 is 17.5 Å². The van der Waals surface area contributed by atoms with Crippen molar-refractivity contribution in [2.24, 2.45) is 0 Å². The molecule has 1 atom stereocenters. The molecule has 0 aliphatic carbocycles. The number of H-pyrrole nitrogens is 1. The summed E-state index contributed by atoms with van der Waals surface area (Å²) >= 11 is 5.88. The number of nitrogens with one attached hydrogen (secondary N) is 1. The Bertz CT molecular complexity index is 1010. The van der Waals surface area contributed by atoms with Crippen molar-refractivity contribution in [3.05, 3.63) is 82.4 Å². The van der Waals surface area contributed by atoms with Gasteiger partial charge in [0, 0.05) is 23.7 Å². The molecule has 6 nitrogen and oxygen atoms in total. The highest BCUT2D eigenvalue weighted by Crippen LogP contribution is 2.22. The van der Waals surface area contributed by atoms with Crippen LogP contribution in [0, 0.1) is 5.82 Å².